The van der Waals surface area contributed by atoms with Gasteiger partial charge in [0.05, 0.1) is 11.6 Å². The minimum Gasteiger partial charge on any atom is -0.488 e. The molecule has 3 heteroatoms. The maximum absolute atomic E-state index is 5.61. The van der Waals surface area contributed by atoms with Crippen LogP contribution < -0.4 is 10.1 Å². The molecule has 3 rings (SSSR count). The van der Waals surface area contributed by atoms with E-state index in [0.29, 0.717) is 12.6 Å². The molecule has 0 aliphatic carbocycles. The van der Waals surface area contributed by atoms with E-state index in [1.54, 1.807) is 0 Å². The van der Waals surface area contributed by atoms with Crippen molar-refractivity contribution in [2.45, 2.75) is 13.0 Å². The highest BCUT2D eigenvalue weighted by Gasteiger charge is 2.16. The number of rotatable bonds is 0. The molecule has 1 aliphatic heterocycles. The Morgan fingerprint density at radius 1 is 1.60 bits per heavy atom. The molecule has 2 heterocycles. The Balaban J connectivity index is 2.20. The van der Waals surface area contributed by atoms with Crippen LogP contribution in [0.4, 0.5) is 5.82 Å². The molecular weight excluding hydrogens is 188 g/mol. The van der Waals surface area contributed by atoms with Crippen molar-refractivity contribution in [3.05, 3.63) is 30.3 Å². The standard InChI is InChI=1S/C12H11N2O/c1-8-7-15-11-6-9-4-2-3-5-10(9)14-12(11)13-8/h2,4-6,8H,7H2,1H3,(H,13,14)/t8-/m0/s1. The van der Waals surface area contributed by atoms with Crippen molar-refractivity contribution in [2.24, 2.45) is 0 Å². The van der Waals surface area contributed by atoms with Crippen LogP contribution in [-0.2, 0) is 0 Å². The van der Waals surface area contributed by atoms with Crippen LogP contribution >= 0.6 is 0 Å². The predicted octanol–water partition coefficient (Wildman–Crippen LogP) is 2.23. The largest absolute Gasteiger partial charge is 0.488 e. The van der Waals surface area contributed by atoms with Gasteiger partial charge in [-0.3, -0.25) is 0 Å². The summed E-state index contributed by atoms with van der Waals surface area (Å²) in [6.07, 6.45) is 0. The SMILES string of the molecule is C[C@H]1COc2cc3cc[c]cc3nc2N1. The van der Waals surface area contributed by atoms with Crippen molar-refractivity contribution in [2.75, 3.05) is 11.9 Å². The second-order valence-electron chi connectivity index (χ2n) is 3.81. The van der Waals surface area contributed by atoms with Crippen LogP contribution in [0.3, 0.4) is 0 Å². The Morgan fingerprint density at radius 3 is 3.47 bits per heavy atom. The second kappa shape index (κ2) is 3.12. The molecule has 15 heavy (non-hydrogen) atoms. The Hall–Kier alpha value is -1.77. The van der Waals surface area contributed by atoms with Gasteiger partial charge < -0.3 is 10.1 Å². The summed E-state index contributed by atoms with van der Waals surface area (Å²) < 4.78 is 5.61. The summed E-state index contributed by atoms with van der Waals surface area (Å²) in [7, 11) is 0. The van der Waals surface area contributed by atoms with Crippen LogP contribution in [0.25, 0.3) is 10.9 Å². The molecule has 0 saturated carbocycles. The summed E-state index contributed by atoms with van der Waals surface area (Å²) in [6, 6.07) is 11.1. The smallest absolute Gasteiger partial charge is 0.169 e. The molecule has 1 aromatic heterocycles. The van der Waals surface area contributed by atoms with E-state index in [4.69, 9.17) is 4.74 Å². The molecule has 1 N–H and O–H groups in total. The molecule has 0 amide bonds. The molecule has 1 aromatic carbocycles. The van der Waals surface area contributed by atoms with E-state index in [1.165, 1.54) is 0 Å². The minimum absolute atomic E-state index is 0.315. The van der Waals surface area contributed by atoms with E-state index >= 15 is 0 Å². The zero-order valence-electron chi connectivity index (χ0n) is 8.45. The van der Waals surface area contributed by atoms with Crippen LogP contribution in [0, 0.1) is 6.07 Å². The van der Waals surface area contributed by atoms with Gasteiger partial charge in [-0.25, -0.2) is 4.98 Å². The Labute approximate surface area is 88.1 Å². The van der Waals surface area contributed by atoms with Gasteiger partial charge in [0.25, 0.3) is 0 Å². The van der Waals surface area contributed by atoms with Gasteiger partial charge in [-0.15, -0.1) is 0 Å². The van der Waals surface area contributed by atoms with Gasteiger partial charge in [-0.05, 0) is 25.1 Å². The van der Waals surface area contributed by atoms with Gasteiger partial charge in [-0.2, -0.15) is 0 Å². The number of nitrogens with one attached hydrogen (secondary N) is 1. The van der Waals surface area contributed by atoms with E-state index in [-0.39, 0.29) is 0 Å². The van der Waals surface area contributed by atoms with Crippen molar-refractivity contribution >= 4 is 16.7 Å². The molecule has 0 fully saturated rings. The Bertz CT molecular complexity index is 510. The molecule has 2 aromatic rings. The lowest BCUT2D eigenvalue weighted by Gasteiger charge is -2.24. The van der Waals surface area contributed by atoms with Crippen molar-refractivity contribution in [3.8, 4) is 5.75 Å². The first-order chi connectivity index (χ1) is 7.33. The van der Waals surface area contributed by atoms with E-state index in [2.05, 4.69) is 23.3 Å². The normalized spacial score (nSPS) is 19.1. The van der Waals surface area contributed by atoms with E-state index < -0.39 is 0 Å². The maximum Gasteiger partial charge on any atom is 0.169 e. The number of nitrogens with zero attached hydrogens (tertiary/aromatic N) is 1. The molecule has 3 nitrogen and oxygen atoms in total. The summed E-state index contributed by atoms with van der Waals surface area (Å²) in [6.45, 7) is 2.77. The number of ether oxygens (including phenoxy) is 1. The minimum atomic E-state index is 0.315. The average molecular weight is 199 g/mol. The highest BCUT2D eigenvalue weighted by molar-refractivity contribution is 5.83. The second-order valence-corrected chi connectivity index (χ2v) is 3.81. The topological polar surface area (TPSA) is 34.1 Å². The van der Waals surface area contributed by atoms with Gasteiger partial charge in [0.2, 0.25) is 0 Å². The first-order valence-corrected chi connectivity index (χ1v) is 5.03. The highest BCUT2D eigenvalue weighted by Crippen LogP contribution is 2.30. The zero-order chi connectivity index (χ0) is 10.3. The first kappa shape index (κ1) is 8.53. The van der Waals surface area contributed by atoms with Gasteiger partial charge >= 0.3 is 0 Å². The van der Waals surface area contributed by atoms with Gasteiger partial charge in [0, 0.05) is 5.39 Å². The number of anilines is 1. The molecule has 1 atom stereocenters. The summed E-state index contributed by atoms with van der Waals surface area (Å²) >= 11 is 0. The monoisotopic (exact) mass is 199 g/mol. The van der Waals surface area contributed by atoms with E-state index in [9.17, 15) is 0 Å². The number of hydrogen-bond acceptors (Lipinski definition) is 3. The van der Waals surface area contributed by atoms with E-state index in [1.807, 2.05) is 24.3 Å². The first-order valence-electron chi connectivity index (χ1n) is 5.03. The van der Waals surface area contributed by atoms with Crippen molar-refractivity contribution in [3.63, 3.8) is 0 Å². The quantitative estimate of drug-likeness (QED) is 0.706. The third kappa shape index (κ3) is 1.40. The Morgan fingerprint density at radius 2 is 2.53 bits per heavy atom. The van der Waals surface area contributed by atoms with Crippen molar-refractivity contribution < 1.29 is 4.74 Å². The number of aromatic nitrogens is 1. The summed E-state index contributed by atoms with van der Waals surface area (Å²) in [4.78, 5) is 4.50. The lowest BCUT2D eigenvalue weighted by Crippen LogP contribution is -2.28. The van der Waals surface area contributed by atoms with Crippen molar-refractivity contribution in [1.29, 1.82) is 0 Å². The summed E-state index contributed by atoms with van der Waals surface area (Å²) in [5.41, 5.74) is 0.946. The molecule has 0 bridgehead atoms. The fraction of sp³-hybridized carbons (Fsp3) is 0.250. The summed E-state index contributed by atoms with van der Waals surface area (Å²) in [5, 5.41) is 4.39. The van der Waals surface area contributed by atoms with Crippen LogP contribution in [0.2, 0.25) is 0 Å². The highest BCUT2D eigenvalue weighted by atomic mass is 16.5. The van der Waals surface area contributed by atoms with Crippen LogP contribution in [0.15, 0.2) is 24.3 Å². The third-order valence-corrected chi connectivity index (χ3v) is 2.50. The van der Waals surface area contributed by atoms with Crippen LogP contribution in [-0.4, -0.2) is 17.6 Å². The average Bonchev–Trinajstić information content (AvgIpc) is 2.26. The zero-order valence-corrected chi connectivity index (χ0v) is 8.45. The predicted molar refractivity (Wildman–Crippen MR) is 59.2 cm³/mol. The molecule has 0 saturated heterocycles. The maximum atomic E-state index is 5.61. The van der Waals surface area contributed by atoms with Crippen LogP contribution in [0.5, 0.6) is 5.75 Å². The van der Waals surface area contributed by atoms with Gasteiger partial charge in [-0.1, -0.05) is 12.1 Å². The van der Waals surface area contributed by atoms with Gasteiger partial charge in [0.1, 0.15) is 6.61 Å². The lowest BCUT2D eigenvalue weighted by atomic mass is 10.2. The van der Waals surface area contributed by atoms with Crippen molar-refractivity contribution in [1.82, 2.24) is 4.98 Å². The molecular formula is C12H11N2O. The van der Waals surface area contributed by atoms with Crippen LogP contribution in [0.1, 0.15) is 6.92 Å². The number of pyridine rings is 1. The Kier molecular flexibility index (Phi) is 1.78. The number of benzene rings is 1. The third-order valence-electron chi connectivity index (χ3n) is 2.50. The molecule has 75 valence electrons. The lowest BCUT2D eigenvalue weighted by molar-refractivity contribution is 0.290. The fourth-order valence-electron chi connectivity index (χ4n) is 1.74. The van der Waals surface area contributed by atoms with E-state index in [0.717, 1.165) is 22.5 Å². The molecule has 0 unspecified atom stereocenters. The fourth-order valence-corrected chi connectivity index (χ4v) is 1.74. The molecule has 1 radical (unpaired) electrons. The molecule has 0 spiro atoms. The molecule has 1 aliphatic rings. The van der Waals surface area contributed by atoms with Gasteiger partial charge in [0.15, 0.2) is 11.6 Å². The number of fused-ring (bicyclic) bond motifs is 2. The summed E-state index contributed by atoms with van der Waals surface area (Å²) in [5.74, 6) is 1.67. The number of hydrogen-bond donors (Lipinski definition) is 1.